The quantitative estimate of drug-likeness (QED) is 0.123. The minimum absolute atomic E-state index is 0.0152. The Kier molecular flexibility index (Phi) is 7.15. The average Bonchev–Trinajstić information content (AvgIpc) is 3.46. The molecule has 1 saturated heterocycles. The zero-order chi connectivity index (χ0) is 26.8. The molecule has 0 radical (unpaired) electrons. The lowest BCUT2D eigenvalue weighted by Crippen LogP contribution is -2.29. The van der Waals surface area contributed by atoms with Gasteiger partial charge in [-0.15, -0.1) is 0 Å². The first-order chi connectivity index (χ1) is 18.4. The van der Waals surface area contributed by atoms with Crippen molar-refractivity contribution in [1.29, 1.82) is 0 Å². The number of ketones is 1. The van der Waals surface area contributed by atoms with E-state index in [9.17, 15) is 14.7 Å². The fraction of sp³-hybridized carbons (Fsp3) is 0.233. The second-order valence-electron chi connectivity index (χ2n) is 9.14. The zero-order valence-corrected chi connectivity index (χ0v) is 22.2. The number of amides is 1. The molecule has 1 aliphatic rings. The van der Waals surface area contributed by atoms with Gasteiger partial charge in [0, 0.05) is 5.56 Å². The van der Waals surface area contributed by atoms with Crippen LogP contribution in [0.2, 0.25) is 0 Å². The van der Waals surface area contributed by atoms with Crippen LogP contribution in [0.4, 0.5) is 5.13 Å². The van der Waals surface area contributed by atoms with Gasteiger partial charge in [0.05, 0.1) is 35.5 Å². The first-order valence-corrected chi connectivity index (χ1v) is 13.3. The molecule has 0 spiro atoms. The van der Waals surface area contributed by atoms with Gasteiger partial charge in [-0.2, -0.15) is 0 Å². The molecule has 1 aromatic heterocycles. The van der Waals surface area contributed by atoms with Crippen LogP contribution in [0.1, 0.15) is 42.5 Å². The van der Waals surface area contributed by atoms with Crippen LogP contribution in [0.25, 0.3) is 16.0 Å². The van der Waals surface area contributed by atoms with Gasteiger partial charge < -0.3 is 14.6 Å². The number of carbonyl (C=O) groups is 2. The summed E-state index contributed by atoms with van der Waals surface area (Å²) in [6, 6.07) is 19.1. The maximum absolute atomic E-state index is 13.5. The molecule has 4 aromatic rings. The van der Waals surface area contributed by atoms with Crippen molar-refractivity contribution in [2.45, 2.75) is 32.7 Å². The van der Waals surface area contributed by atoms with Crippen molar-refractivity contribution in [3.05, 3.63) is 89.0 Å². The van der Waals surface area contributed by atoms with E-state index in [1.54, 1.807) is 25.3 Å². The van der Waals surface area contributed by atoms with E-state index in [4.69, 9.17) is 9.47 Å². The number of anilines is 1. The topological polar surface area (TPSA) is 89.0 Å². The minimum Gasteiger partial charge on any atom is -0.507 e. The molecule has 1 amide bonds. The van der Waals surface area contributed by atoms with E-state index in [0.717, 1.165) is 23.1 Å². The van der Waals surface area contributed by atoms with Crippen LogP contribution in [0.5, 0.6) is 11.5 Å². The molecule has 38 heavy (non-hydrogen) atoms. The smallest absolute Gasteiger partial charge is 0.301 e. The third-order valence-corrected chi connectivity index (χ3v) is 7.52. The van der Waals surface area contributed by atoms with Gasteiger partial charge in [0.25, 0.3) is 5.78 Å². The number of nitrogens with zero attached hydrogens (tertiary/aromatic N) is 2. The Labute approximate surface area is 225 Å². The molecule has 5 rings (SSSR count). The number of aromatic nitrogens is 1. The number of benzene rings is 3. The molecule has 1 unspecified atom stereocenters. The summed E-state index contributed by atoms with van der Waals surface area (Å²) in [7, 11) is 1.59. The predicted molar refractivity (Wildman–Crippen MR) is 149 cm³/mol. The van der Waals surface area contributed by atoms with Gasteiger partial charge in [0.1, 0.15) is 17.3 Å². The maximum atomic E-state index is 13.5. The van der Waals surface area contributed by atoms with Crippen molar-refractivity contribution in [2.75, 3.05) is 18.6 Å². The summed E-state index contributed by atoms with van der Waals surface area (Å²) < 4.78 is 12.1. The van der Waals surface area contributed by atoms with Gasteiger partial charge in [-0.25, -0.2) is 4.98 Å². The Balaban J connectivity index is 1.67. The van der Waals surface area contributed by atoms with E-state index in [2.05, 4.69) is 11.9 Å². The number of hydrogen-bond donors (Lipinski definition) is 1. The fourth-order valence-corrected chi connectivity index (χ4v) is 5.46. The van der Waals surface area contributed by atoms with Gasteiger partial charge in [-0.05, 0) is 49.2 Å². The number of rotatable bonds is 8. The Morgan fingerprint density at radius 3 is 2.58 bits per heavy atom. The molecule has 7 nitrogen and oxygen atoms in total. The third-order valence-electron chi connectivity index (χ3n) is 6.50. The largest absolute Gasteiger partial charge is 0.507 e. The monoisotopic (exact) mass is 528 g/mol. The Hall–Kier alpha value is -4.17. The van der Waals surface area contributed by atoms with Gasteiger partial charge in [0.2, 0.25) is 0 Å². The number of hydrogen-bond acceptors (Lipinski definition) is 7. The first kappa shape index (κ1) is 25.5. The molecule has 1 fully saturated rings. The highest BCUT2D eigenvalue weighted by Crippen LogP contribution is 2.45. The lowest BCUT2D eigenvalue weighted by Gasteiger charge is -2.23. The molecule has 194 valence electrons. The van der Waals surface area contributed by atoms with Crippen molar-refractivity contribution in [2.24, 2.45) is 0 Å². The number of unbranched alkanes of at least 4 members (excludes halogenated alkanes) is 1. The minimum atomic E-state index is -0.881. The molecule has 8 heteroatoms. The van der Waals surface area contributed by atoms with Crippen molar-refractivity contribution in [3.63, 3.8) is 0 Å². The number of aliphatic hydroxyl groups excluding tert-OH is 1. The number of Topliss-reactive ketones (excluding diaryl/α,β-unsaturated/α-hetero) is 1. The number of thiazole rings is 1. The molecule has 1 N–H and O–H groups in total. The highest BCUT2D eigenvalue weighted by atomic mass is 32.1. The average molecular weight is 529 g/mol. The van der Waals surface area contributed by atoms with Crippen LogP contribution in [0, 0.1) is 6.92 Å². The summed E-state index contributed by atoms with van der Waals surface area (Å²) in [6.45, 7) is 4.59. The number of fused-ring (bicyclic) bond motifs is 1. The molecule has 1 atom stereocenters. The van der Waals surface area contributed by atoms with E-state index in [1.165, 1.54) is 16.2 Å². The highest BCUT2D eigenvalue weighted by Gasteiger charge is 2.48. The standard InChI is InChI=1S/C30H28N2O5S/c1-4-5-15-37-22-8-6-7-20(16-22)26-25(27(33)19-11-9-18(2)10-12-19)28(34)29(35)32(26)30-31-23-14-13-21(36-3)17-24(23)38-30/h6-14,16-17,26,33H,4-5,15H2,1-3H3/b27-25+. The van der Waals surface area contributed by atoms with Crippen LogP contribution in [0.15, 0.2) is 72.3 Å². The van der Waals surface area contributed by atoms with E-state index >= 15 is 0 Å². The molecule has 3 aromatic carbocycles. The third kappa shape index (κ3) is 4.75. The Bertz CT molecular complexity index is 1540. The van der Waals surface area contributed by atoms with Gasteiger partial charge >= 0.3 is 5.91 Å². The number of methoxy groups -OCH3 is 1. The summed E-state index contributed by atoms with van der Waals surface area (Å²) in [5, 5.41) is 11.7. The molecular weight excluding hydrogens is 500 g/mol. The van der Waals surface area contributed by atoms with Crippen LogP contribution >= 0.6 is 11.3 Å². The van der Waals surface area contributed by atoms with Gasteiger partial charge in [-0.3, -0.25) is 14.5 Å². The van der Waals surface area contributed by atoms with Crippen LogP contribution in [-0.4, -0.2) is 35.5 Å². The summed E-state index contributed by atoms with van der Waals surface area (Å²) in [4.78, 5) is 33.1. The van der Waals surface area contributed by atoms with Crippen LogP contribution in [-0.2, 0) is 9.59 Å². The lowest BCUT2D eigenvalue weighted by atomic mass is 9.95. The van der Waals surface area contributed by atoms with E-state index in [1.807, 2.05) is 55.5 Å². The van der Waals surface area contributed by atoms with Gasteiger partial charge in [-0.1, -0.05) is 66.6 Å². The lowest BCUT2D eigenvalue weighted by molar-refractivity contribution is -0.132. The second kappa shape index (κ2) is 10.7. The number of aliphatic hydroxyl groups is 1. The van der Waals surface area contributed by atoms with Crippen molar-refractivity contribution >= 4 is 44.1 Å². The van der Waals surface area contributed by atoms with Crippen molar-refractivity contribution < 1.29 is 24.2 Å². The molecular formula is C30H28N2O5S. The zero-order valence-electron chi connectivity index (χ0n) is 21.4. The molecule has 0 saturated carbocycles. The predicted octanol–water partition coefficient (Wildman–Crippen LogP) is 6.42. The molecule has 0 bridgehead atoms. The number of carbonyl (C=O) groups excluding carboxylic acids is 2. The Morgan fingerprint density at radius 1 is 1.05 bits per heavy atom. The molecule has 2 heterocycles. The van der Waals surface area contributed by atoms with Crippen LogP contribution < -0.4 is 14.4 Å². The summed E-state index contributed by atoms with van der Waals surface area (Å²) >= 11 is 1.29. The summed E-state index contributed by atoms with van der Waals surface area (Å²) in [6.07, 6.45) is 1.91. The molecule has 1 aliphatic heterocycles. The summed E-state index contributed by atoms with van der Waals surface area (Å²) in [5.74, 6) is -0.432. The SMILES string of the molecule is CCCCOc1cccc(C2/C(=C(\O)c3ccc(C)cc3)C(=O)C(=O)N2c2nc3ccc(OC)cc3s2)c1. The van der Waals surface area contributed by atoms with Crippen LogP contribution in [0.3, 0.4) is 0 Å². The normalized spacial score (nSPS) is 16.8. The number of aryl methyl sites for hydroxylation is 1. The highest BCUT2D eigenvalue weighted by molar-refractivity contribution is 7.22. The Morgan fingerprint density at radius 2 is 1.84 bits per heavy atom. The molecule has 0 aliphatic carbocycles. The van der Waals surface area contributed by atoms with E-state index < -0.39 is 17.7 Å². The number of ether oxygens (including phenoxy) is 2. The van der Waals surface area contributed by atoms with Crippen molar-refractivity contribution in [1.82, 2.24) is 4.98 Å². The van der Waals surface area contributed by atoms with Crippen molar-refractivity contribution in [3.8, 4) is 11.5 Å². The first-order valence-electron chi connectivity index (χ1n) is 12.5. The summed E-state index contributed by atoms with van der Waals surface area (Å²) in [5.41, 5.74) is 2.81. The van der Waals surface area contributed by atoms with E-state index in [0.29, 0.717) is 39.9 Å². The fourth-order valence-electron chi connectivity index (χ4n) is 4.44. The van der Waals surface area contributed by atoms with E-state index in [-0.39, 0.29) is 11.3 Å². The maximum Gasteiger partial charge on any atom is 0.301 e. The second-order valence-corrected chi connectivity index (χ2v) is 10.1. The van der Waals surface area contributed by atoms with Gasteiger partial charge in [0.15, 0.2) is 5.13 Å².